The Kier molecular flexibility index (Phi) is 3.93. The van der Waals surface area contributed by atoms with Crippen molar-refractivity contribution in [3.05, 3.63) is 34.0 Å². The molecule has 2 aromatic rings. The molecule has 1 saturated carbocycles. The average molecular weight is 289 g/mol. The quantitative estimate of drug-likeness (QED) is 0.883. The summed E-state index contributed by atoms with van der Waals surface area (Å²) in [4.78, 5) is 15.4. The minimum atomic E-state index is 0.710. The van der Waals surface area contributed by atoms with Crippen LogP contribution >= 0.6 is 11.3 Å². The first kappa shape index (κ1) is 13.5. The number of nitrogens with zero attached hydrogens (tertiary/aromatic N) is 4. The Morgan fingerprint density at radius 2 is 2.25 bits per heavy atom. The van der Waals surface area contributed by atoms with Crippen LogP contribution in [-0.2, 0) is 13.1 Å². The van der Waals surface area contributed by atoms with Crippen molar-refractivity contribution in [2.24, 2.45) is 0 Å². The Morgan fingerprint density at radius 3 is 2.90 bits per heavy atom. The molecule has 0 spiro atoms. The highest BCUT2D eigenvalue weighted by molar-refractivity contribution is 7.07. The van der Waals surface area contributed by atoms with Crippen molar-refractivity contribution < 1.29 is 0 Å². The highest BCUT2D eigenvalue weighted by Gasteiger charge is 2.20. The van der Waals surface area contributed by atoms with Crippen LogP contribution in [0.25, 0.3) is 0 Å². The van der Waals surface area contributed by atoms with E-state index in [1.807, 2.05) is 30.6 Å². The summed E-state index contributed by atoms with van der Waals surface area (Å²) in [5.41, 5.74) is 5.14. The van der Waals surface area contributed by atoms with E-state index in [2.05, 4.69) is 25.6 Å². The lowest BCUT2D eigenvalue weighted by Crippen LogP contribution is -2.21. The van der Waals surface area contributed by atoms with E-state index in [9.17, 15) is 0 Å². The number of anilines is 1. The van der Waals surface area contributed by atoms with E-state index in [-0.39, 0.29) is 0 Å². The molecule has 5 nitrogen and oxygen atoms in total. The third kappa shape index (κ3) is 3.32. The van der Waals surface area contributed by atoms with Crippen molar-refractivity contribution >= 4 is 17.3 Å². The predicted octanol–water partition coefficient (Wildman–Crippen LogP) is 2.13. The third-order valence-electron chi connectivity index (χ3n) is 3.45. The van der Waals surface area contributed by atoms with Crippen molar-refractivity contribution in [3.63, 3.8) is 0 Å². The van der Waals surface area contributed by atoms with E-state index >= 15 is 0 Å². The Morgan fingerprint density at radius 1 is 1.40 bits per heavy atom. The van der Waals surface area contributed by atoms with Crippen molar-refractivity contribution in [2.75, 3.05) is 11.9 Å². The van der Waals surface area contributed by atoms with Crippen LogP contribution in [0.4, 0.5) is 5.95 Å². The summed E-state index contributed by atoms with van der Waals surface area (Å²) in [7, 11) is 2.00. The minimum Gasteiger partial charge on any atom is -0.338 e. The zero-order valence-electron chi connectivity index (χ0n) is 11.8. The molecule has 0 bridgehead atoms. The number of thiazole rings is 1. The molecule has 0 aliphatic heterocycles. The van der Waals surface area contributed by atoms with Gasteiger partial charge in [-0.05, 0) is 19.8 Å². The van der Waals surface area contributed by atoms with E-state index < -0.39 is 0 Å². The fourth-order valence-corrected chi connectivity index (χ4v) is 2.56. The van der Waals surface area contributed by atoms with Gasteiger partial charge < -0.3 is 10.2 Å². The summed E-state index contributed by atoms with van der Waals surface area (Å²) in [5.74, 6) is 0.755. The molecule has 2 aromatic heterocycles. The van der Waals surface area contributed by atoms with Crippen LogP contribution in [0.2, 0.25) is 0 Å². The first-order valence-electron chi connectivity index (χ1n) is 6.86. The summed E-state index contributed by atoms with van der Waals surface area (Å²) < 4.78 is 0. The van der Waals surface area contributed by atoms with Crippen LogP contribution in [-0.4, -0.2) is 28.0 Å². The van der Waals surface area contributed by atoms with Crippen LogP contribution in [0.3, 0.4) is 0 Å². The fraction of sp³-hybridized carbons (Fsp3) is 0.500. The molecule has 0 saturated heterocycles. The third-order valence-corrected chi connectivity index (χ3v) is 4.09. The van der Waals surface area contributed by atoms with E-state index in [4.69, 9.17) is 0 Å². The monoisotopic (exact) mass is 289 g/mol. The van der Waals surface area contributed by atoms with Crippen molar-refractivity contribution in [1.29, 1.82) is 0 Å². The Labute approximate surface area is 123 Å². The van der Waals surface area contributed by atoms with Crippen LogP contribution < -0.4 is 10.2 Å². The van der Waals surface area contributed by atoms with E-state index in [0.717, 1.165) is 30.4 Å². The summed E-state index contributed by atoms with van der Waals surface area (Å²) in [6.07, 6.45) is 4.54. The number of aromatic nitrogens is 3. The van der Waals surface area contributed by atoms with E-state index in [0.29, 0.717) is 6.04 Å². The molecular weight excluding hydrogens is 270 g/mol. The summed E-state index contributed by atoms with van der Waals surface area (Å²) in [6, 6.07) is 0.710. The molecule has 0 aromatic carbocycles. The molecule has 3 rings (SSSR count). The molecule has 0 unspecified atom stereocenters. The molecule has 106 valence electrons. The topological polar surface area (TPSA) is 53.9 Å². The number of nitrogens with one attached hydrogen (secondary N) is 1. The van der Waals surface area contributed by atoms with Crippen LogP contribution in [0, 0.1) is 6.92 Å². The maximum Gasteiger partial charge on any atom is 0.225 e. The second-order valence-corrected chi connectivity index (χ2v) is 5.99. The molecule has 1 aliphatic rings. The van der Waals surface area contributed by atoms with Crippen molar-refractivity contribution in [3.8, 4) is 0 Å². The summed E-state index contributed by atoms with van der Waals surface area (Å²) in [6.45, 7) is 3.65. The van der Waals surface area contributed by atoms with Gasteiger partial charge in [0.2, 0.25) is 5.95 Å². The molecule has 20 heavy (non-hydrogen) atoms. The maximum atomic E-state index is 4.60. The van der Waals surface area contributed by atoms with Gasteiger partial charge in [-0.1, -0.05) is 0 Å². The van der Waals surface area contributed by atoms with Gasteiger partial charge in [0.15, 0.2) is 0 Å². The molecule has 0 amide bonds. The molecular formula is C14H19N5S. The van der Waals surface area contributed by atoms with Crippen LogP contribution in [0.1, 0.15) is 29.8 Å². The molecule has 0 radical (unpaired) electrons. The largest absolute Gasteiger partial charge is 0.338 e. The Hall–Kier alpha value is -1.53. The minimum absolute atomic E-state index is 0.710. The molecule has 6 heteroatoms. The van der Waals surface area contributed by atoms with Gasteiger partial charge in [0.25, 0.3) is 0 Å². The zero-order chi connectivity index (χ0) is 13.9. The lowest BCUT2D eigenvalue weighted by molar-refractivity contribution is 0.678. The van der Waals surface area contributed by atoms with Crippen molar-refractivity contribution in [2.45, 2.75) is 38.9 Å². The Bertz CT molecular complexity index is 565. The fourth-order valence-electron chi connectivity index (χ4n) is 2.01. The number of aryl methyl sites for hydroxylation is 1. The molecule has 1 N–H and O–H groups in total. The Balaban J connectivity index is 1.65. The normalized spacial score (nSPS) is 14.5. The van der Waals surface area contributed by atoms with Crippen LogP contribution in [0.5, 0.6) is 0 Å². The SMILES string of the molecule is Cc1nc(N(C)Cc2cscn2)ncc1CNC1CC1. The maximum absolute atomic E-state index is 4.60. The molecule has 0 atom stereocenters. The zero-order valence-corrected chi connectivity index (χ0v) is 12.7. The first-order chi connectivity index (χ1) is 9.72. The first-order valence-corrected chi connectivity index (χ1v) is 7.81. The van der Waals surface area contributed by atoms with Gasteiger partial charge in [0.05, 0.1) is 17.7 Å². The standard InChI is InChI=1S/C14H19N5S/c1-10-11(5-15-12-3-4-12)6-16-14(18-10)19(2)7-13-8-20-9-17-13/h6,8-9,12,15H,3-5,7H2,1-2H3. The highest BCUT2D eigenvalue weighted by atomic mass is 32.1. The van der Waals surface area contributed by atoms with Gasteiger partial charge in [0, 0.05) is 42.5 Å². The molecule has 1 aliphatic carbocycles. The van der Waals surface area contributed by atoms with E-state index in [1.54, 1.807) is 11.3 Å². The van der Waals surface area contributed by atoms with Crippen LogP contribution in [0.15, 0.2) is 17.1 Å². The highest BCUT2D eigenvalue weighted by Crippen LogP contribution is 2.20. The van der Waals surface area contributed by atoms with Gasteiger partial charge in [0.1, 0.15) is 0 Å². The lowest BCUT2D eigenvalue weighted by atomic mass is 10.2. The number of hydrogen-bond acceptors (Lipinski definition) is 6. The van der Waals surface area contributed by atoms with Gasteiger partial charge in [-0.2, -0.15) is 0 Å². The smallest absolute Gasteiger partial charge is 0.225 e. The second-order valence-electron chi connectivity index (χ2n) is 5.27. The van der Waals surface area contributed by atoms with Gasteiger partial charge in [-0.3, -0.25) is 0 Å². The van der Waals surface area contributed by atoms with Gasteiger partial charge in [-0.15, -0.1) is 11.3 Å². The summed E-state index contributed by atoms with van der Waals surface area (Å²) in [5, 5.41) is 5.55. The predicted molar refractivity (Wildman–Crippen MR) is 80.9 cm³/mol. The van der Waals surface area contributed by atoms with Crippen molar-refractivity contribution in [1.82, 2.24) is 20.3 Å². The lowest BCUT2D eigenvalue weighted by Gasteiger charge is -2.17. The summed E-state index contributed by atoms with van der Waals surface area (Å²) >= 11 is 1.61. The average Bonchev–Trinajstić information content (AvgIpc) is 3.13. The van der Waals surface area contributed by atoms with Gasteiger partial charge in [-0.25, -0.2) is 15.0 Å². The second kappa shape index (κ2) is 5.85. The number of hydrogen-bond donors (Lipinski definition) is 1. The molecule has 2 heterocycles. The molecule has 1 fully saturated rings. The van der Waals surface area contributed by atoms with Gasteiger partial charge >= 0.3 is 0 Å². The van der Waals surface area contributed by atoms with E-state index in [1.165, 1.54) is 18.4 Å². The number of rotatable bonds is 6.